The largest absolute Gasteiger partial charge is 0.357 e. The van der Waals surface area contributed by atoms with Crippen molar-refractivity contribution in [2.75, 3.05) is 19.6 Å². The van der Waals surface area contributed by atoms with E-state index in [0.717, 1.165) is 38.6 Å². The van der Waals surface area contributed by atoms with Crippen LogP contribution in [0, 0.1) is 0 Å². The topological polar surface area (TPSA) is 45.5 Å². The zero-order valence-electron chi connectivity index (χ0n) is 13.6. The summed E-state index contributed by atoms with van der Waals surface area (Å²) in [7, 11) is 1.97. The Kier molecular flexibility index (Phi) is 6.88. The number of rotatable bonds is 4. The third-order valence-electron chi connectivity index (χ3n) is 3.98. The zero-order valence-corrected chi connectivity index (χ0v) is 16.8. The summed E-state index contributed by atoms with van der Waals surface area (Å²) in [5.41, 5.74) is 1.33. The molecule has 1 fully saturated rings. The lowest BCUT2D eigenvalue weighted by Crippen LogP contribution is -2.39. The summed E-state index contributed by atoms with van der Waals surface area (Å²) in [6, 6.07) is 4.22. The van der Waals surface area contributed by atoms with Gasteiger partial charge in [-0.3, -0.25) is 4.68 Å². The molecule has 3 heterocycles. The molecule has 0 radical (unpaired) electrons. The van der Waals surface area contributed by atoms with Crippen molar-refractivity contribution < 1.29 is 0 Å². The molecular weight excluding hydrogens is 421 g/mol. The van der Waals surface area contributed by atoms with E-state index in [4.69, 9.17) is 4.99 Å². The average Bonchev–Trinajstić information content (AvgIpc) is 3.24. The van der Waals surface area contributed by atoms with Crippen molar-refractivity contribution >= 4 is 41.3 Å². The van der Waals surface area contributed by atoms with Gasteiger partial charge in [0.05, 0.1) is 12.7 Å². The van der Waals surface area contributed by atoms with Gasteiger partial charge in [0.25, 0.3) is 0 Å². The molecule has 1 atom stereocenters. The molecule has 0 aromatic carbocycles. The molecule has 126 valence electrons. The van der Waals surface area contributed by atoms with Gasteiger partial charge >= 0.3 is 0 Å². The first-order valence-electron chi connectivity index (χ1n) is 7.80. The minimum atomic E-state index is 0. The molecule has 0 bridgehead atoms. The van der Waals surface area contributed by atoms with Gasteiger partial charge in [-0.2, -0.15) is 5.10 Å². The Balaban J connectivity index is 0.00000192. The number of hydrogen-bond donors (Lipinski definition) is 1. The van der Waals surface area contributed by atoms with Crippen molar-refractivity contribution in [1.29, 1.82) is 0 Å². The fourth-order valence-electron chi connectivity index (χ4n) is 2.86. The lowest BCUT2D eigenvalue weighted by Gasteiger charge is -2.21. The SMILES string of the molecule is CCNC(=NCc1cccs1)N1CCC(c2cnn(C)c2)C1.I. The molecular formula is C16H24IN5S. The molecule has 0 amide bonds. The monoisotopic (exact) mass is 445 g/mol. The summed E-state index contributed by atoms with van der Waals surface area (Å²) in [4.78, 5) is 8.47. The Morgan fingerprint density at radius 1 is 1.52 bits per heavy atom. The minimum Gasteiger partial charge on any atom is -0.357 e. The molecule has 0 aliphatic carbocycles. The van der Waals surface area contributed by atoms with Crippen LogP contribution in [0.25, 0.3) is 0 Å². The van der Waals surface area contributed by atoms with Crippen LogP contribution >= 0.6 is 35.3 Å². The number of nitrogens with zero attached hydrogens (tertiary/aromatic N) is 4. The van der Waals surface area contributed by atoms with E-state index >= 15 is 0 Å². The van der Waals surface area contributed by atoms with Crippen LogP contribution in [-0.4, -0.2) is 40.3 Å². The maximum Gasteiger partial charge on any atom is 0.194 e. The maximum absolute atomic E-state index is 4.79. The zero-order chi connectivity index (χ0) is 15.4. The van der Waals surface area contributed by atoms with E-state index in [2.05, 4.69) is 45.9 Å². The number of likely N-dealkylation sites (tertiary alicyclic amines) is 1. The van der Waals surface area contributed by atoms with Crippen molar-refractivity contribution in [3.05, 3.63) is 40.3 Å². The Morgan fingerprint density at radius 2 is 2.39 bits per heavy atom. The number of guanidine groups is 1. The van der Waals surface area contributed by atoms with Crippen LogP contribution in [0.4, 0.5) is 0 Å². The van der Waals surface area contributed by atoms with Gasteiger partial charge in [-0.05, 0) is 30.4 Å². The summed E-state index contributed by atoms with van der Waals surface area (Å²) < 4.78 is 1.88. The van der Waals surface area contributed by atoms with Crippen LogP contribution in [0.1, 0.15) is 29.7 Å². The Bertz CT molecular complexity index is 622. The van der Waals surface area contributed by atoms with Crippen LogP contribution < -0.4 is 5.32 Å². The average molecular weight is 445 g/mol. The molecule has 1 aliphatic rings. The van der Waals surface area contributed by atoms with Crippen molar-refractivity contribution in [1.82, 2.24) is 20.0 Å². The second-order valence-corrected chi connectivity index (χ2v) is 6.66. The van der Waals surface area contributed by atoms with E-state index in [9.17, 15) is 0 Å². The first-order chi connectivity index (χ1) is 10.8. The van der Waals surface area contributed by atoms with Gasteiger partial charge in [0.1, 0.15) is 0 Å². The standard InChI is InChI=1S/C16H23N5S.HI/c1-3-17-16(18-10-15-5-4-8-22-15)21-7-6-13(12-21)14-9-19-20(2)11-14;/h4-5,8-9,11,13H,3,6-7,10,12H2,1-2H3,(H,17,18);1H. The van der Waals surface area contributed by atoms with Gasteiger partial charge in [-0.25, -0.2) is 4.99 Å². The molecule has 3 rings (SSSR count). The Hall–Kier alpha value is -1.09. The number of aliphatic imine (C=N–C) groups is 1. The molecule has 1 N–H and O–H groups in total. The van der Waals surface area contributed by atoms with Crippen LogP contribution in [0.5, 0.6) is 0 Å². The fourth-order valence-corrected chi connectivity index (χ4v) is 3.48. The third kappa shape index (κ3) is 4.69. The highest BCUT2D eigenvalue weighted by Gasteiger charge is 2.26. The van der Waals surface area contributed by atoms with E-state index in [1.807, 2.05) is 17.9 Å². The van der Waals surface area contributed by atoms with Crippen molar-refractivity contribution in [3.8, 4) is 0 Å². The first-order valence-corrected chi connectivity index (χ1v) is 8.68. The second kappa shape index (κ2) is 8.68. The highest BCUT2D eigenvalue weighted by atomic mass is 127. The van der Waals surface area contributed by atoms with Gasteiger partial charge in [0, 0.05) is 43.7 Å². The number of aryl methyl sites for hydroxylation is 1. The molecule has 7 heteroatoms. The van der Waals surface area contributed by atoms with E-state index in [1.165, 1.54) is 10.4 Å². The van der Waals surface area contributed by atoms with Gasteiger partial charge in [-0.15, -0.1) is 35.3 Å². The van der Waals surface area contributed by atoms with Crippen molar-refractivity contribution in [3.63, 3.8) is 0 Å². The number of nitrogens with one attached hydrogen (secondary N) is 1. The van der Waals surface area contributed by atoms with E-state index in [-0.39, 0.29) is 24.0 Å². The number of hydrogen-bond acceptors (Lipinski definition) is 3. The predicted molar refractivity (Wildman–Crippen MR) is 107 cm³/mol. The molecule has 1 saturated heterocycles. The lowest BCUT2D eigenvalue weighted by atomic mass is 10.0. The van der Waals surface area contributed by atoms with E-state index in [1.54, 1.807) is 11.3 Å². The lowest BCUT2D eigenvalue weighted by molar-refractivity contribution is 0.486. The summed E-state index contributed by atoms with van der Waals surface area (Å²) >= 11 is 1.76. The smallest absolute Gasteiger partial charge is 0.194 e. The quantitative estimate of drug-likeness (QED) is 0.447. The van der Waals surface area contributed by atoms with Crippen molar-refractivity contribution in [2.45, 2.75) is 25.8 Å². The summed E-state index contributed by atoms with van der Waals surface area (Å²) in [6.07, 6.45) is 5.28. The predicted octanol–water partition coefficient (Wildman–Crippen LogP) is 3.05. The number of aromatic nitrogens is 2. The molecule has 1 unspecified atom stereocenters. The molecule has 0 saturated carbocycles. The Morgan fingerprint density at radius 3 is 3.04 bits per heavy atom. The van der Waals surface area contributed by atoms with Crippen LogP contribution in [0.15, 0.2) is 34.9 Å². The van der Waals surface area contributed by atoms with Gasteiger partial charge in [0.2, 0.25) is 0 Å². The normalized spacial score (nSPS) is 18.1. The highest BCUT2D eigenvalue weighted by Crippen LogP contribution is 2.26. The molecule has 0 spiro atoms. The van der Waals surface area contributed by atoms with E-state index < -0.39 is 0 Å². The van der Waals surface area contributed by atoms with Crippen LogP contribution in [-0.2, 0) is 13.6 Å². The second-order valence-electron chi connectivity index (χ2n) is 5.63. The first kappa shape index (κ1) is 18.3. The molecule has 2 aromatic rings. The summed E-state index contributed by atoms with van der Waals surface area (Å²) in [5, 5.41) is 9.82. The molecule has 1 aliphatic heterocycles. The Labute approximate surface area is 158 Å². The van der Waals surface area contributed by atoms with Gasteiger partial charge in [0.15, 0.2) is 5.96 Å². The highest BCUT2D eigenvalue weighted by molar-refractivity contribution is 14.0. The van der Waals surface area contributed by atoms with E-state index in [0.29, 0.717) is 5.92 Å². The fraction of sp³-hybridized carbons (Fsp3) is 0.500. The van der Waals surface area contributed by atoms with Crippen LogP contribution in [0.3, 0.4) is 0 Å². The van der Waals surface area contributed by atoms with Crippen LogP contribution in [0.2, 0.25) is 0 Å². The minimum absolute atomic E-state index is 0. The summed E-state index contributed by atoms with van der Waals surface area (Å²) in [5.74, 6) is 1.58. The molecule has 23 heavy (non-hydrogen) atoms. The molecule has 2 aromatic heterocycles. The number of halogens is 1. The van der Waals surface area contributed by atoms with Crippen molar-refractivity contribution in [2.24, 2.45) is 12.0 Å². The maximum atomic E-state index is 4.79. The number of thiophene rings is 1. The third-order valence-corrected chi connectivity index (χ3v) is 4.84. The summed E-state index contributed by atoms with van der Waals surface area (Å²) in [6.45, 7) is 5.85. The van der Waals surface area contributed by atoms with Gasteiger partial charge < -0.3 is 10.2 Å². The van der Waals surface area contributed by atoms with Gasteiger partial charge in [-0.1, -0.05) is 6.07 Å². The molecule has 5 nitrogen and oxygen atoms in total.